The van der Waals surface area contributed by atoms with Gasteiger partial charge in [0.25, 0.3) is 0 Å². The van der Waals surface area contributed by atoms with Crippen molar-refractivity contribution in [2.24, 2.45) is 7.05 Å². The summed E-state index contributed by atoms with van der Waals surface area (Å²) in [5.74, 6) is 0.886. The van der Waals surface area contributed by atoms with Crippen LogP contribution >= 0.6 is 11.6 Å². The van der Waals surface area contributed by atoms with Crippen LogP contribution in [0.1, 0.15) is 16.1 Å². The number of ketones is 1. The molecule has 0 N–H and O–H groups in total. The zero-order valence-corrected chi connectivity index (χ0v) is 19.5. The van der Waals surface area contributed by atoms with Gasteiger partial charge in [0.1, 0.15) is 5.82 Å². The highest BCUT2D eigenvalue weighted by atomic mass is 35.5. The fourth-order valence-electron chi connectivity index (χ4n) is 4.16. The second-order valence-corrected chi connectivity index (χ2v) is 8.96. The van der Waals surface area contributed by atoms with Gasteiger partial charge in [0, 0.05) is 84.6 Å². The number of benzene rings is 1. The van der Waals surface area contributed by atoms with Crippen LogP contribution in [0.5, 0.6) is 0 Å². The average molecular weight is 461 g/mol. The highest BCUT2D eigenvalue weighted by Crippen LogP contribution is 2.32. The molecule has 33 heavy (non-hydrogen) atoms. The van der Waals surface area contributed by atoms with Crippen molar-refractivity contribution in [1.82, 2.24) is 24.6 Å². The molecule has 1 aliphatic rings. The van der Waals surface area contributed by atoms with Gasteiger partial charge >= 0.3 is 0 Å². The highest BCUT2D eigenvalue weighted by Gasteiger charge is 2.17. The van der Waals surface area contributed by atoms with Crippen molar-refractivity contribution in [3.05, 3.63) is 71.4 Å². The van der Waals surface area contributed by atoms with Crippen molar-refractivity contribution in [1.29, 1.82) is 0 Å². The third-order valence-corrected chi connectivity index (χ3v) is 6.43. The van der Waals surface area contributed by atoms with Gasteiger partial charge in [-0.2, -0.15) is 5.10 Å². The monoisotopic (exact) mass is 460 g/mol. The van der Waals surface area contributed by atoms with E-state index in [0.717, 1.165) is 59.6 Å². The summed E-state index contributed by atoms with van der Waals surface area (Å²) in [6.07, 6.45) is 7.45. The zero-order valence-electron chi connectivity index (χ0n) is 18.7. The van der Waals surface area contributed by atoms with Crippen molar-refractivity contribution in [2.75, 3.05) is 38.1 Å². The molecule has 168 valence electrons. The van der Waals surface area contributed by atoms with E-state index in [-0.39, 0.29) is 12.2 Å². The molecule has 1 fully saturated rings. The number of aryl methyl sites for hydroxylation is 1. The van der Waals surface area contributed by atoms with Crippen molar-refractivity contribution in [3.63, 3.8) is 0 Å². The number of anilines is 1. The summed E-state index contributed by atoms with van der Waals surface area (Å²) >= 11 is 6.51. The van der Waals surface area contributed by atoms with Crippen molar-refractivity contribution >= 4 is 34.0 Å². The van der Waals surface area contributed by atoms with Crippen LogP contribution in [0.4, 0.5) is 5.82 Å². The molecular weight excluding hydrogens is 436 g/mol. The Bertz CT molecular complexity index is 1330. The van der Waals surface area contributed by atoms with E-state index >= 15 is 0 Å². The third-order valence-electron chi connectivity index (χ3n) is 6.12. The van der Waals surface area contributed by atoms with Gasteiger partial charge in [-0.3, -0.25) is 14.5 Å². The number of hydrogen-bond donors (Lipinski definition) is 0. The number of nitrogens with zero attached hydrogens (tertiary/aromatic N) is 6. The molecule has 0 saturated carbocycles. The topological polar surface area (TPSA) is 67.2 Å². The van der Waals surface area contributed by atoms with Gasteiger partial charge in [-0.15, -0.1) is 0 Å². The third kappa shape index (κ3) is 4.60. The molecule has 0 spiro atoms. The lowest BCUT2D eigenvalue weighted by Crippen LogP contribution is -2.44. The number of piperazine rings is 1. The molecule has 8 heteroatoms. The van der Waals surface area contributed by atoms with E-state index in [2.05, 4.69) is 31.9 Å². The normalized spacial score (nSPS) is 14.7. The molecule has 1 saturated heterocycles. The first-order valence-corrected chi connectivity index (χ1v) is 11.3. The van der Waals surface area contributed by atoms with E-state index < -0.39 is 0 Å². The predicted octanol–water partition coefficient (Wildman–Crippen LogP) is 3.86. The van der Waals surface area contributed by atoms with E-state index in [1.807, 2.05) is 37.5 Å². The maximum Gasteiger partial charge on any atom is 0.169 e. The van der Waals surface area contributed by atoms with E-state index in [9.17, 15) is 4.79 Å². The minimum atomic E-state index is 0.0288. The van der Waals surface area contributed by atoms with E-state index in [0.29, 0.717) is 10.6 Å². The first kappa shape index (κ1) is 21.6. The minimum absolute atomic E-state index is 0.0288. The summed E-state index contributed by atoms with van der Waals surface area (Å²) in [5.41, 5.74) is 3.25. The summed E-state index contributed by atoms with van der Waals surface area (Å²) in [5, 5.41) is 6.81. The summed E-state index contributed by atoms with van der Waals surface area (Å²) in [7, 11) is 4.00. The number of Topliss-reactive ketones (excluding diaryl/α,β-unsaturated/α-hetero) is 1. The van der Waals surface area contributed by atoms with E-state index in [1.165, 1.54) is 0 Å². The molecule has 0 radical (unpaired) electrons. The number of carbonyl (C=O) groups excluding carboxylic acids is 1. The van der Waals surface area contributed by atoms with Gasteiger partial charge < -0.3 is 9.80 Å². The van der Waals surface area contributed by atoms with Crippen molar-refractivity contribution in [3.8, 4) is 11.1 Å². The lowest BCUT2D eigenvalue weighted by molar-refractivity contribution is 0.0992. The molecule has 4 heterocycles. The lowest BCUT2D eigenvalue weighted by Gasteiger charge is -2.33. The average Bonchev–Trinajstić information content (AvgIpc) is 3.25. The van der Waals surface area contributed by atoms with Crippen LogP contribution in [0.2, 0.25) is 5.02 Å². The van der Waals surface area contributed by atoms with Crippen LogP contribution in [0.25, 0.3) is 21.9 Å². The number of rotatable bonds is 5. The maximum atomic E-state index is 13.1. The second-order valence-electron chi connectivity index (χ2n) is 8.55. The molecule has 1 aliphatic heterocycles. The number of halogens is 1. The summed E-state index contributed by atoms with van der Waals surface area (Å²) in [4.78, 5) is 26.6. The Kier molecular flexibility index (Phi) is 5.83. The maximum absolute atomic E-state index is 13.1. The Labute approximate surface area is 197 Å². The van der Waals surface area contributed by atoms with Crippen molar-refractivity contribution < 1.29 is 4.79 Å². The number of pyridine rings is 2. The van der Waals surface area contributed by atoms with Gasteiger partial charge in [-0.25, -0.2) is 4.98 Å². The molecule has 4 aromatic rings. The number of fused-ring (bicyclic) bond motifs is 1. The molecule has 0 atom stereocenters. The zero-order chi connectivity index (χ0) is 22.9. The minimum Gasteiger partial charge on any atom is -0.354 e. The van der Waals surface area contributed by atoms with Gasteiger partial charge in [0.2, 0.25) is 0 Å². The van der Waals surface area contributed by atoms with Gasteiger partial charge in [0.05, 0.1) is 12.6 Å². The highest BCUT2D eigenvalue weighted by molar-refractivity contribution is 6.34. The second kappa shape index (κ2) is 8.92. The van der Waals surface area contributed by atoms with Crippen LogP contribution in [-0.4, -0.2) is 63.7 Å². The quantitative estimate of drug-likeness (QED) is 0.421. The molecule has 5 rings (SSSR count). The Morgan fingerprint density at radius 3 is 2.58 bits per heavy atom. The number of hydrogen-bond acceptors (Lipinski definition) is 6. The van der Waals surface area contributed by atoms with Crippen LogP contribution in [-0.2, 0) is 13.5 Å². The van der Waals surface area contributed by atoms with Gasteiger partial charge in [0.15, 0.2) is 5.78 Å². The van der Waals surface area contributed by atoms with Crippen LogP contribution < -0.4 is 4.90 Å². The van der Waals surface area contributed by atoms with Crippen molar-refractivity contribution in [2.45, 2.75) is 6.42 Å². The fraction of sp³-hybridized carbons (Fsp3) is 0.280. The molecule has 0 amide bonds. The Morgan fingerprint density at radius 2 is 1.82 bits per heavy atom. The Morgan fingerprint density at radius 1 is 1.00 bits per heavy atom. The number of likely N-dealkylation sites (N-methyl/N-ethyl adjacent to an activating group) is 1. The predicted molar refractivity (Wildman–Crippen MR) is 131 cm³/mol. The SMILES string of the molecule is CN1CCN(c2cc(C(=O)Cc3cc4cc(-c5cnn(C)c5)c(Cl)cc4cn3)ccn2)CC1. The van der Waals surface area contributed by atoms with Crippen LogP contribution in [0, 0.1) is 0 Å². The molecule has 3 aromatic heterocycles. The van der Waals surface area contributed by atoms with Gasteiger partial charge in [-0.05, 0) is 42.8 Å². The fourth-order valence-corrected chi connectivity index (χ4v) is 4.44. The molecule has 0 aliphatic carbocycles. The summed E-state index contributed by atoms with van der Waals surface area (Å²) < 4.78 is 1.75. The van der Waals surface area contributed by atoms with Crippen LogP contribution in [0.3, 0.4) is 0 Å². The smallest absolute Gasteiger partial charge is 0.169 e. The first-order chi connectivity index (χ1) is 16.0. The van der Waals surface area contributed by atoms with Crippen LogP contribution in [0.15, 0.2) is 55.1 Å². The first-order valence-electron chi connectivity index (χ1n) is 11.0. The standard InChI is InChI=1S/C25H25ClN6O/c1-30-5-7-32(8-6-30)25-12-17(3-4-27-25)24(33)13-21-9-18-10-22(20-15-29-31(2)16-20)23(26)11-19(18)14-28-21/h3-4,9-12,14-16H,5-8,13H2,1-2H3. The largest absolute Gasteiger partial charge is 0.354 e. The molecular formula is C25H25ClN6O. The van der Waals surface area contributed by atoms with E-state index in [4.69, 9.17) is 11.6 Å². The molecule has 7 nitrogen and oxygen atoms in total. The Hall–Kier alpha value is -3.29. The summed E-state index contributed by atoms with van der Waals surface area (Å²) in [6, 6.07) is 9.58. The molecule has 0 unspecified atom stereocenters. The number of aromatic nitrogens is 4. The number of carbonyl (C=O) groups is 1. The van der Waals surface area contributed by atoms with E-state index in [1.54, 1.807) is 29.3 Å². The molecule has 1 aromatic carbocycles. The lowest BCUT2D eigenvalue weighted by atomic mass is 10.0. The van der Waals surface area contributed by atoms with Gasteiger partial charge in [-0.1, -0.05) is 11.6 Å². The molecule has 0 bridgehead atoms. The summed E-state index contributed by atoms with van der Waals surface area (Å²) in [6.45, 7) is 3.81. The Balaban J connectivity index is 1.38.